The van der Waals surface area contributed by atoms with Crippen LogP contribution in [0.2, 0.25) is 0 Å². The molecular formula is C19H23FNO2+. The Bertz CT molecular complexity index is 664. The average Bonchev–Trinajstić information content (AvgIpc) is 3.01. The summed E-state index contributed by atoms with van der Waals surface area (Å²) >= 11 is 0. The molecule has 0 spiro atoms. The minimum Gasteiger partial charge on any atom is -0.343 e. The third-order valence-electron chi connectivity index (χ3n) is 4.46. The van der Waals surface area contributed by atoms with Crippen LogP contribution in [0.15, 0.2) is 42.7 Å². The lowest BCUT2D eigenvalue weighted by atomic mass is 10.0. The molecule has 2 heterocycles. The zero-order chi connectivity index (χ0) is 16.3. The summed E-state index contributed by atoms with van der Waals surface area (Å²) in [7, 11) is 0. The first kappa shape index (κ1) is 16.1. The Morgan fingerprint density at radius 2 is 1.74 bits per heavy atom. The highest BCUT2D eigenvalue weighted by molar-refractivity contribution is 5.22. The molecule has 23 heavy (non-hydrogen) atoms. The Hall–Kier alpha value is -1.78. The van der Waals surface area contributed by atoms with Crippen LogP contribution in [0.1, 0.15) is 29.5 Å². The standard InChI is InChI=1S/C19H23FNO2/c1-15-8-11-21(14-16(15)2)10-3-9-19(22-12-13-23-19)17-4-6-18(20)7-5-17/h4-8,11,14H,3,9-10,12-13H2,1-2H3/q+1. The molecule has 0 bridgehead atoms. The summed E-state index contributed by atoms with van der Waals surface area (Å²) in [4.78, 5) is 0. The van der Waals surface area contributed by atoms with Crippen molar-refractivity contribution < 1.29 is 18.4 Å². The van der Waals surface area contributed by atoms with E-state index in [2.05, 4.69) is 36.9 Å². The van der Waals surface area contributed by atoms with Crippen LogP contribution in [-0.2, 0) is 21.8 Å². The molecule has 1 fully saturated rings. The van der Waals surface area contributed by atoms with Gasteiger partial charge in [0.25, 0.3) is 0 Å². The third kappa shape index (κ3) is 3.59. The van der Waals surface area contributed by atoms with Crippen LogP contribution in [0.5, 0.6) is 0 Å². The van der Waals surface area contributed by atoms with E-state index in [0.717, 1.165) is 24.9 Å². The first-order valence-electron chi connectivity index (χ1n) is 8.09. The number of hydrogen-bond acceptors (Lipinski definition) is 2. The van der Waals surface area contributed by atoms with E-state index in [1.165, 1.54) is 23.3 Å². The number of aromatic nitrogens is 1. The summed E-state index contributed by atoms with van der Waals surface area (Å²) in [5.41, 5.74) is 3.47. The zero-order valence-corrected chi connectivity index (χ0v) is 13.7. The first-order chi connectivity index (χ1) is 11.1. The molecule has 0 radical (unpaired) electrons. The van der Waals surface area contributed by atoms with Crippen molar-refractivity contribution in [2.24, 2.45) is 0 Å². The number of rotatable bonds is 5. The molecule has 0 saturated carbocycles. The number of hydrogen-bond donors (Lipinski definition) is 0. The van der Waals surface area contributed by atoms with Gasteiger partial charge in [-0.2, -0.15) is 0 Å². The van der Waals surface area contributed by atoms with Crippen molar-refractivity contribution in [3.63, 3.8) is 0 Å². The summed E-state index contributed by atoms with van der Waals surface area (Å²) in [6, 6.07) is 8.56. The lowest BCUT2D eigenvalue weighted by Gasteiger charge is -2.27. The number of pyridine rings is 1. The summed E-state index contributed by atoms with van der Waals surface area (Å²) < 4.78 is 27.1. The summed E-state index contributed by atoms with van der Waals surface area (Å²) in [5, 5.41) is 0. The highest BCUT2D eigenvalue weighted by atomic mass is 19.1. The number of ether oxygens (including phenoxy) is 2. The van der Waals surface area contributed by atoms with Crippen molar-refractivity contribution in [2.75, 3.05) is 13.2 Å². The van der Waals surface area contributed by atoms with Crippen molar-refractivity contribution in [1.82, 2.24) is 0 Å². The van der Waals surface area contributed by atoms with Crippen LogP contribution in [-0.4, -0.2) is 13.2 Å². The highest BCUT2D eigenvalue weighted by Gasteiger charge is 2.38. The normalized spacial score (nSPS) is 16.7. The van der Waals surface area contributed by atoms with E-state index in [0.29, 0.717) is 13.2 Å². The van der Waals surface area contributed by atoms with Gasteiger partial charge in [-0.25, -0.2) is 8.96 Å². The first-order valence-corrected chi connectivity index (χ1v) is 8.09. The SMILES string of the molecule is Cc1cc[n+](CCCC2(c3ccc(F)cc3)OCCO2)cc1C. The third-order valence-corrected chi connectivity index (χ3v) is 4.46. The molecule has 4 heteroatoms. The minimum atomic E-state index is -0.728. The molecule has 3 rings (SSSR count). The Morgan fingerprint density at radius 1 is 1.04 bits per heavy atom. The second-order valence-corrected chi connectivity index (χ2v) is 6.11. The maximum absolute atomic E-state index is 13.2. The maximum atomic E-state index is 13.2. The number of benzene rings is 1. The number of nitrogens with zero attached hydrogens (tertiary/aromatic N) is 1. The van der Waals surface area contributed by atoms with Crippen LogP contribution in [0.4, 0.5) is 4.39 Å². The van der Waals surface area contributed by atoms with E-state index >= 15 is 0 Å². The molecule has 2 aromatic rings. The quantitative estimate of drug-likeness (QED) is 0.789. The molecule has 1 aliphatic rings. The molecule has 0 atom stereocenters. The predicted octanol–water partition coefficient (Wildman–Crippen LogP) is 3.41. The second kappa shape index (κ2) is 6.77. The van der Waals surface area contributed by atoms with Gasteiger partial charge in [0.2, 0.25) is 0 Å². The van der Waals surface area contributed by atoms with Crippen LogP contribution < -0.4 is 4.57 Å². The molecule has 122 valence electrons. The Morgan fingerprint density at radius 3 is 2.39 bits per heavy atom. The molecular weight excluding hydrogens is 293 g/mol. The molecule has 1 aliphatic heterocycles. The van der Waals surface area contributed by atoms with E-state index in [4.69, 9.17) is 9.47 Å². The molecule has 0 aliphatic carbocycles. The van der Waals surface area contributed by atoms with Gasteiger partial charge in [0.1, 0.15) is 12.4 Å². The van der Waals surface area contributed by atoms with Crippen LogP contribution >= 0.6 is 0 Å². The van der Waals surface area contributed by atoms with Gasteiger partial charge in [-0.1, -0.05) is 12.1 Å². The molecule has 0 N–H and O–H groups in total. The lowest BCUT2D eigenvalue weighted by Crippen LogP contribution is -2.35. The topological polar surface area (TPSA) is 22.3 Å². The summed E-state index contributed by atoms with van der Waals surface area (Å²) in [5.74, 6) is -0.971. The summed E-state index contributed by atoms with van der Waals surface area (Å²) in [6.07, 6.45) is 5.93. The van der Waals surface area contributed by atoms with Crippen LogP contribution in [0, 0.1) is 19.7 Å². The van der Waals surface area contributed by atoms with E-state index in [1.807, 2.05) is 0 Å². The van der Waals surface area contributed by atoms with Gasteiger partial charge in [0, 0.05) is 30.0 Å². The smallest absolute Gasteiger partial charge is 0.195 e. The maximum Gasteiger partial charge on any atom is 0.195 e. The average molecular weight is 316 g/mol. The van der Waals surface area contributed by atoms with Crippen molar-refractivity contribution in [3.8, 4) is 0 Å². The van der Waals surface area contributed by atoms with E-state index < -0.39 is 5.79 Å². The monoisotopic (exact) mass is 316 g/mol. The second-order valence-electron chi connectivity index (χ2n) is 6.11. The van der Waals surface area contributed by atoms with Crippen molar-refractivity contribution in [2.45, 2.75) is 39.0 Å². The van der Waals surface area contributed by atoms with E-state index in [-0.39, 0.29) is 5.82 Å². The van der Waals surface area contributed by atoms with Gasteiger partial charge in [-0.05, 0) is 31.5 Å². The fourth-order valence-electron chi connectivity index (χ4n) is 2.98. The Kier molecular flexibility index (Phi) is 4.74. The molecule has 3 nitrogen and oxygen atoms in total. The van der Waals surface area contributed by atoms with Gasteiger partial charge < -0.3 is 9.47 Å². The Labute approximate surface area is 136 Å². The zero-order valence-electron chi connectivity index (χ0n) is 13.7. The largest absolute Gasteiger partial charge is 0.343 e. The minimum absolute atomic E-state index is 0.243. The van der Waals surface area contributed by atoms with Crippen LogP contribution in [0.3, 0.4) is 0 Å². The van der Waals surface area contributed by atoms with Crippen LogP contribution in [0.25, 0.3) is 0 Å². The summed E-state index contributed by atoms with van der Waals surface area (Å²) in [6.45, 7) is 6.29. The molecule has 0 unspecified atom stereocenters. The van der Waals surface area contributed by atoms with Crippen molar-refractivity contribution in [3.05, 3.63) is 65.2 Å². The highest BCUT2D eigenvalue weighted by Crippen LogP contribution is 2.36. The molecule has 1 aromatic carbocycles. The molecule has 1 aromatic heterocycles. The van der Waals surface area contributed by atoms with Gasteiger partial charge in [0.05, 0.1) is 13.2 Å². The Balaban J connectivity index is 1.68. The van der Waals surface area contributed by atoms with Gasteiger partial charge in [0.15, 0.2) is 18.2 Å². The van der Waals surface area contributed by atoms with E-state index in [9.17, 15) is 4.39 Å². The lowest BCUT2D eigenvalue weighted by molar-refractivity contribution is -0.698. The fourth-order valence-corrected chi connectivity index (χ4v) is 2.98. The number of aryl methyl sites for hydroxylation is 3. The van der Waals surface area contributed by atoms with Gasteiger partial charge in [-0.15, -0.1) is 0 Å². The molecule has 0 amide bonds. The molecule has 1 saturated heterocycles. The van der Waals surface area contributed by atoms with Gasteiger partial charge in [-0.3, -0.25) is 0 Å². The van der Waals surface area contributed by atoms with E-state index in [1.54, 1.807) is 12.1 Å². The van der Waals surface area contributed by atoms with Gasteiger partial charge >= 0.3 is 0 Å². The predicted molar refractivity (Wildman–Crippen MR) is 85.3 cm³/mol. The van der Waals surface area contributed by atoms with Crippen molar-refractivity contribution >= 4 is 0 Å². The van der Waals surface area contributed by atoms with Crippen molar-refractivity contribution in [1.29, 1.82) is 0 Å². The number of halogens is 1. The fraction of sp³-hybridized carbons (Fsp3) is 0.421.